The van der Waals surface area contributed by atoms with E-state index in [0.29, 0.717) is 25.6 Å². The Labute approximate surface area is 162 Å². The molecule has 1 atom stereocenters. The first-order valence-electron chi connectivity index (χ1n) is 10.3. The highest BCUT2D eigenvalue weighted by atomic mass is 16.5. The van der Waals surface area contributed by atoms with Crippen LogP contribution in [-0.4, -0.2) is 54.0 Å². The smallest absolute Gasteiger partial charge is 0.309 e. The van der Waals surface area contributed by atoms with Crippen molar-refractivity contribution in [1.82, 2.24) is 9.80 Å². The number of ether oxygens (including phenoxy) is 1. The lowest BCUT2D eigenvalue weighted by Crippen LogP contribution is -2.43. The molecule has 2 fully saturated rings. The van der Waals surface area contributed by atoms with E-state index < -0.39 is 0 Å². The van der Waals surface area contributed by atoms with E-state index in [1.54, 1.807) is 0 Å². The molecule has 0 aliphatic carbocycles. The quantitative estimate of drug-likeness (QED) is 0.745. The number of aryl methyl sites for hydroxylation is 1. The maximum absolute atomic E-state index is 12.6. The topological polar surface area (TPSA) is 49.9 Å². The van der Waals surface area contributed by atoms with Crippen LogP contribution < -0.4 is 0 Å². The number of carbonyl (C=O) groups is 2. The van der Waals surface area contributed by atoms with E-state index in [2.05, 4.69) is 36.1 Å². The van der Waals surface area contributed by atoms with Crippen LogP contribution in [0.2, 0.25) is 0 Å². The number of hydrogen-bond donors (Lipinski definition) is 0. The van der Waals surface area contributed by atoms with E-state index in [0.717, 1.165) is 45.3 Å². The summed E-state index contributed by atoms with van der Waals surface area (Å²) in [5, 5.41) is 0. The Morgan fingerprint density at radius 2 is 1.78 bits per heavy atom. The normalized spacial score (nSPS) is 22.5. The van der Waals surface area contributed by atoms with Crippen LogP contribution in [-0.2, 0) is 20.9 Å². The number of carbonyl (C=O) groups excluding carboxylic acids is 2. The predicted octanol–water partition coefficient (Wildman–Crippen LogP) is 3.15. The third-order valence-corrected chi connectivity index (χ3v) is 5.94. The first-order valence-corrected chi connectivity index (χ1v) is 10.3. The second-order valence-corrected chi connectivity index (χ2v) is 7.84. The molecule has 1 unspecified atom stereocenters. The van der Waals surface area contributed by atoms with Crippen LogP contribution >= 0.6 is 0 Å². The molecule has 0 saturated carbocycles. The van der Waals surface area contributed by atoms with Crippen LogP contribution in [0.1, 0.15) is 50.2 Å². The molecular formula is C22H32N2O3. The van der Waals surface area contributed by atoms with Crippen molar-refractivity contribution in [1.29, 1.82) is 0 Å². The summed E-state index contributed by atoms with van der Waals surface area (Å²) < 4.78 is 5.17. The fraction of sp³-hybridized carbons (Fsp3) is 0.636. The van der Waals surface area contributed by atoms with Gasteiger partial charge >= 0.3 is 5.97 Å². The molecule has 27 heavy (non-hydrogen) atoms. The van der Waals surface area contributed by atoms with Crippen molar-refractivity contribution in [3.63, 3.8) is 0 Å². The second-order valence-electron chi connectivity index (χ2n) is 7.84. The fourth-order valence-electron chi connectivity index (χ4n) is 4.23. The molecule has 3 rings (SSSR count). The Morgan fingerprint density at radius 3 is 2.44 bits per heavy atom. The molecule has 1 aromatic rings. The molecular weight excluding hydrogens is 340 g/mol. The minimum Gasteiger partial charge on any atom is -0.466 e. The van der Waals surface area contributed by atoms with Crippen LogP contribution in [0.3, 0.4) is 0 Å². The Bertz CT molecular complexity index is 635. The minimum atomic E-state index is -0.0440. The molecule has 5 heteroatoms. The summed E-state index contributed by atoms with van der Waals surface area (Å²) in [6.45, 7) is 7.78. The Hall–Kier alpha value is -1.88. The summed E-state index contributed by atoms with van der Waals surface area (Å²) in [5.41, 5.74) is 2.44. The monoisotopic (exact) mass is 372 g/mol. The van der Waals surface area contributed by atoms with Gasteiger partial charge in [-0.25, -0.2) is 0 Å². The summed E-state index contributed by atoms with van der Waals surface area (Å²) in [4.78, 5) is 29.0. The summed E-state index contributed by atoms with van der Waals surface area (Å²) in [5.74, 6) is 0.267. The SMILES string of the molecule is CCOC(=O)C1CCN(C2CCC(=O)N(Cc3ccc(C)cc3)CC2)CC1. The van der Waals surface area contributed by atoms with Gasteiger partial charge in [0, 0.05) is 25.6 Å². The standard InChI is InChI=1S/C22H32N2O3/c1-3-27-22(26)19-10-13-23(14-11-19)20-8-9-21(25)24(15-12-20)16-18-6-4-17(2)5-7-18/h4-7,19-20H,3,8-16H2,1-2H3. The molecule has 0 spiro atoms. The zero-order chi connectivity index (χ0) is 19.2. The third-order valence-electron chi connectivity index (χ3n) is 5.94. The van der Waals surface area contributed by atoms with Gasteiger partial charge in [0.1, 0.15) is 0 Å². The van der Waals surface area contributed by atoms with E-state index in [-0.39, 0.29) is 17.8 Å². The molecule has 2 aliphatic rings. The van der Waals surface area contributed by atoms with Crippen molar-refractivity contribution in [3.05, 3.63) is 35.4 Å². The average Bonchev–Trinajstić information content (AvgIpc) is 2.86. The van der Waals surface area contributed by atoms with Gasteiger partial charge in [-0.15, -0.1) is 0 Å². The van der Waals surface area contributed by atoms with Gasteiger partial charge in [0.25, 0.3) is 0 Å². The van der Waals surface area contributed by atoms with E-state index in [1.807, 2.05) is 11.8 Å². The number of benzene rings is 1. The molecule has 5 nitrogen and oxygen atoms in total. The fourth-order valence-corrected chi connectivity index (χ4v) is 4.23. The van der Waals surface area contributed by atoms with Crippen molar-refractivity contribution in [3.8, 4) is 0 Å². The molecule has 2 aliphatic heterocycles. The summed E-state index contributed by atoms with van der Waals surface area (Å²) in [7, 11) is 0. The van der Waals surface area contributed by atoms with Crippen molar-refractivity contribution < 1.29 is 14.3 Å². The highest BCUT2D eigenvalue weighted by Crippen LogP contribution is 2.25. The minimum absolute atomic E-state index is 0.0440. The summed E-state index contributed by atoms with van der Waals surface area (Å²) >= 11 is 0. The van der Waals surface area contributed by atoms with Gasteiger partial charge in [0.05, 0.1) is 12.5 Å². The van der Waals surface area contributed by atoms with Crippen molar-refractivity contribution in [2.24, 2.45) is 5.92 Å². The summed E-state index contributed by atoms with van der Waals surface area (Å²) in [6.07, 6.45) is 4.30. The number of piperidine rings is 1. The number of amides is 1. The predicted molar refractivity (Wildman–Crippen MR) is 105 cm³/mol. The van der Waals surface area contributed by atoms with Gasteiger partial charge in [0.15, 0.2) is 0 Å². The average molecular weight is 373 g/mol. The lowest BCUT2D eigenvalue weighted by Gasteiger charge is -2.36. The van der Waals surface area contributed by atoms with Gasteiger partial charge in [0.2, 0.25) is 5.91 Å². The van der Waals surface area contributed by atoms with E-state index in [1.165, 1.54) is 11.1 Å². The highest BCUT2D eigenvalue weighted by Gasteiger charge is 2.31. The lowest BCUT2D eigenvalue weighted by molar-refractivity contribution is -0.149. The first-order chi connectivity index (χ1) is 13.1. The highest BCUT2D eigenvalue weighted by molar-refractivity contribution is 5.76. The van der Waals surface area contributed by atoms with Crippen LogP contribution in [0.15, 0.2) is 24.3 Å². The van der Waals surface area contributed by atoms with Gasteiger partial charge in [-0.05, 0) is 58.2 Å². The molecule has 2 heterocycles. The first kappa shape index (κ1) is 19.9. The summed E-state index contributed by atoms with van der Waals surface area (Å²) in [6, 6.07) is 8.89. The molecule has 0 aromatic heterocycles. The van der Waals surface area contributed by atoms with Crippen molar-refractivity contribution in [2.75, 3.05) is 26.2 Å². The second kappa shape index (κ2) is 9.36. The maximum atomic E-state index is 12.6. The third kappa shape index (κ3) is 5.32. The van der Waals surface area contributed by atoms with Gasteiger partial charge < -0.3 is 14.5 Å². The number of likely N-dealkylation sites (tertiary alicyclic amines) is 2. The van der Waals surface area contributed by atoms with Crippen LogP contribution in [0, 0.1) is 12.8 Å². The van der Waals surface area contributed by atoms with Crippen LogP contribution in [0.5, 0.6) is 0 Å². The largest absolute Gasteiger partial charge is 0.466 e. The molecule has 148 valence electrons. The zero-order valence-electron chi connectivity index (χ0n) is 16.7. The molecule has 1 amide bonds. The van der Waals surface area contributed by atoms with E-state index in [4.69, 9.17) is 4.74 Å². The number of rotatable bonds is 5. The Morgan fingerprint density at radius 1 is 1.07 bits per heavy atom. The van der Waals surface area contributed by atoms with E-state index >= 15 is 0 Å². The zero-order valence-corrected chi connectivity index (χ0v) is 16.7. The van der Waals surface area contributed by atoms with Crippen molar-refractivity contribution >= 4 is 11.9 Å². The van der Waals surface area contributed by atoms with Gasteiger partial charge in [-0.2, -0.15) is 0 Å². The maximum Gasteiger partial charge on any atom is 0.309 e. The van der Waals surface area contributed by atoms with E-state index in [9.17, 15) is 9.59 Å². The number of esters is 1. The number of nitrogens with zero attached hydrogens (tertiary/aromatic N) is 2. The molecule has 1 aromatic carbocycles. The lowest BCUT2D eigenvalue weighted by atomic mass is 9.94. The molecule has 2 saturated heterocycles. The molecule has 0 radical (unpaired) electrons. The Balaban J connectivity index is 1.51. The molecule has 0 bridgehead atoms. The molecule has 0 N–H and O–H groups in total. The Kier molecular flexibility index (Phi) is 6.89. The van der Waals surface area contributed by atoms with Gasteiger partial charge in [-0.3, -0.25) is 9.59 Å². The van der Waals surface area contributed by atoms with Crippen molar-refractivity contribution in [2.45, 2.75) is 58.5 Å². The van der Waals surface area contributed by atoms with Crippen LogP contribution in [0.4, 0.5) is 0 Å². The van der Waals surface area contributed by atoms with Crippen LogP contribution in [0.25, 0.3) is 0 Å². The van der Waals surface area contributed by atoms with Gasteiger partial charge in [-0.1, -0.05) is 29.8 Å². The number of hydrogen-bond acceptors (Lipinski definition) is 4.